The van der Waals surface area contributed by atoms with Crippen LogP contribution in [0.2, 0.25) is 0 Å². The van der Waals surface area contributed by atoms with Crippen LogP contribution in [0.4, 0.5) is 13.2 Å². The molecule has 1 atom stereocenters. The third-order valence-electron chi connectivity index (χ3n) is 5.95. The zero-order valence-electron chi connectivity index (χ0n) is 18.9. The average molecular weight is 488 g/mol. The second-order valence-corrected chi connectivity index (χ2v) is 8.36. The van der Waals surface area contributed by atoms with Crippen molar-refractivity contribution in [3.63, 3.8) is 0 Å². The van der Waals surface area contributed by atoms with Gasteiger partial charge in [0.25, 0.3) is 0 Å². The minimum absolute atomic E-state index is 0.248. The Hall–Kier alpha value is -3.53. The first kappa shape index (κ1) is 24.6. The Kier molecular flexibility index (Phi) is 7.02. The fraction of sp³-hybridized carbons (Fsp3) is 0.360. The van der Waals surface area contributed by atoms with Crippen LogP contribution >= 0.6 is 0 Å². The molecule has 1 amide bonds. The summed E-state index contributed by atoms with van der Waals surface area (Å²) in [6, 6.07) is 11.8. The number of aromatic nitrogens is 1. The van der Waals surface area contributed by atoms with Crippen LogP contribution in [0.25, 0.3) is 11.5 Å². The Balaban J connectivity index is 1.34. The largest absolute Gasteiger partial charge is 0.493 e. The zero-order chi connectivity index (χ0) is 25.1. The molecule has 1 aromatic heterocycles. The van der Waals surface area contributed by atoms with Crippen LogP contribution in [0.3, 0.4) is 0 Å². The number of alkyl halides is 3. The number of carbonyl (C=O) groups excluding carboxylic acids is 1. The predicted octanol–water partition coefficient (Wildman–Crippen LogP) is 5.68. The maximum Gasteiger partial charge on any atom is 0.416 e. The highest BCUT2D eigenvalue weighted by Gasteiger charge is 2.43. The van der Waals surface area contributed by atoms with E-state index in [1.54, 1.807) is 31.2 Å². The van der Waals surface area contributed by atoms with Crippen LogP contribution in [0.1, 0.15) is 35.4 Å². The predicted molar refractivity (Wildman–Crippen MR) is 120 cm³/mol. The summed E-state index contributed by atoms with van der Waals surface area (Å²) in [4.78, 5) is 27.1. The number of benzene rings is 2. The first-order valence-corrected chi connectivity index (χ1v) is 11.1. The maximum atomic E-state index is 12.8. The van der Waals surface area contributed by atoms with Crippen molar-refractivity contribution in [2.45, 2.75) is 44.4 Å². The SMILES string of the molecule is Cc1oc(-c2ccc(C(F)(F)F)cc2)nc1CCOc1ccc(CC2(C(=O)N=O)CCCO2)cc1. The lowest BCUT2D eigenvalue weighted by Crippen LogP contribution is -2.39. The topological polar surface area (TPSA) is 91.0 Å². The fourth-order valence-electron chi connectivity index (χ4n) is 4.05. The van der Waals surface area contributed by atoms with Gasteiger partial charge >= 0.3 is 12.1 Å². The molecule has 7 nitrogen and oxygen atoms in total. The molecule has 3 aromatic rings. The number of nitroso groups, excluding NO2 is 1. The molecule has 1 unspecified atom stereocenters. The Morgan fingerprint density at radius 2 is 1.86 bits per heavy atom. The molecule has 10 heteroatoms. The van der Waals surface area contributed by atoms with Gasteiger partial charge in [-0.05, 0) is 61.7 Å². The maximum absolute atomic E-state index is 12.8. The van der Waals surface area contributed by atoms with Crippen LogP contribution < -0.4 is 4.74 Å². The summed E-state index contributed by atoms with van der Waals surface area (Å²) in [6.45, 7) is 2.46. The average Bonchev–Trinajstić information content (AvgIpc) is 3.47. The molecule has 0 bridgehead atoms. The number of ether oxygens (including phenoxy) is 2. The summed E-state index contributed by atoms with van der Waals surface area (Å²) in [6.07, 6.45) is -2.54. The number of hydrogen-bond donors (Lipinski definition) is 0. The number of hydrogen-bond acceptors (Lipinski definition) is 6. The molecule has 0 spiro atoms. The molecular weight excluding hydrogens is 465 g/mol. The van der Waals surface area contributed by atoms with Gasteiger partial charge < -0.3 is 13.9 Å². The van der Waals surface area contributed by atoms with Crippen molar-refractivity contribution in [2.75, 3.05) is 13.2 Å². The number of halogens is 3. The first-order chi connectivity index (χ1) is 16.7. The van der Waals surface area contributed by atoms with Crippen LogP contribution in [-0.2, 0) is 28.5 Å². The van der Waals surface area contributed by atoms with Gasteiger partial charge in [0.2, 0.25) is 5.89 Å². The van der Waals surface area contributed by atoms with Crippen molar-refractivity contribution in [3.8, 4) is 17.2 Å². The Bertz CT molecular complexity index is 1180. The molecule has 1 fully saturated rings. The van der Waals surface area contributed by atoms with Gasteiger partial charge in [-0.3, -0.25) is 4.79 Å². The summed E-state index contributed by atoms with van der Waals surface area (Å²) in [5.74, 6) is 0.639. The van der Waals surface area contributed by atoms with Crippen LogP contribution in [0, 0.1) is 11.8 Å². The molecule has 1 aliphatic heterocycles. The lowest BCUT2D eigenvalue weighted by Gasteiger charge is -2.23. The highest BCUT2D eigenvalue weighted by molar-refractivity contribution is 5.86. The van der Waals surface area contributed by atoms with Gasteiger partial charge in [-0.15, -0.1) is 4.91 Å². The van der Waals surface area contributed by atoms with Crippen molar-refractivity contribution in [1.82, 2.24) is 4.98 Å². The Morgan fingerprint density at radius 1 is 1.14 bits per heavy atom. The molecule has 0 radical (unpaired) electrons. The summed E-state index contributed by atoms with van der Waals surface area (Å²) in [7, 11) is 0. The van der Waals surface area contributed by atoms with Crippen molar-refractivity contribution in [1.29, 1.82) is 0 Å². The minimum Gasteiger partial charge on any atom is -0.493 e. The molecule has 1 saturated heterocycles. The van der Waals surface area contributed by atoms with Gasteiger partial charge in [-0.1, -0.05) is 12.1 Å². The number of amides is 1. The molecule has 0 aliphatic carbocycles. The van der Waals surface area contributed by atoms with E-state index in [9.17, 15) is 22.9 Å². The van der Waals surface area contributed by atoms with E-state index >= 15 is 0 Å². The highest BCUT2D eigenvalue weighted by Crippen LogP contribution is 2.32. The molecule has 1 aliphatic rings. The van der Waals surface area contributed by atoms with Gasteiger partial charge in [0.1, 0.15) is 11.5 Å². The smallest absolute Gasteiger partial charge is 0.416 e. The van der Waals surface area contributed by atoms with E-state index < -0.39 is 23.2 Å². The van der Waals surface area contributed by atoms with E-state index in [0.717, 1.165) is 17.7 Å². The fourth-order valence-corrected chi connectivity index (χ4v) is 4.05. The standard InChI is InChI=1S/C25H23F3N2O5/c1-16-21(29-22(35-16)18-5-7-19(8-6-18)25(26,27)28)11-14-33-20-9-3-17(4-10-20)15-24(23(31)30-32)12-2-13-34-24/h3-10H,2,11-15H2,1H3. The molecule has 2 aromatic carbocycles. The Labute approximate surface area is 199 Å². The summed E-state index contributed by atoms with van der Waals surface area (Å²) < 4.78 is 55.3. The number of rotatable bonds is 8. The Morgan fingerprint density at radius 3 is 2.46 bits per heavy atom. The summed E-state index contributed by atoms with van der Waals surface area (Å²) >= 11 is 0. The van der Waals surface area contributed by atoms with Crippen LogP contribution in [0.15, 0.2) is 58.1 Å². The highest BCUT2D eigenvalue weighted by atomic mass is 19.4. The summed E-state index contributed by atoms with van der Waals surface area (Å²) in [5, 5.41) is 2.57. The first-order valence-electron chi connectivity index (χ1n) is 11.1. The van der Waals surface area contributed by atoms with E-state index in [0.29, 0.717) is 55.2 Å². The van der Waals surface area contributed by atoms with Gasteiger partial charge in [-0.2, -0.15) is 13.2 Å². The van der Waals surface area contributed by atoms with Crippen LogP contribution in [0.5, 0.6) is 5.75 Å². The van der Waals surface area contributed by atoms with E-state index in [4.69, 9.17) is 13.9 Å². The number of nitrogens with zero attached hydrogens (tertiary/aromatic N) is 2. The van der Waals surface area contributed by atoms with Crippen molar-refractivity contribution < 1.29 is 31.9 Å². The molecule has 184 valence electrons. The second-order valence-electron chi connectivity index (χ2n) is 8.36. The lowest BCUT2D eigenvalue weighted by molar-refractivity contribution is -0.138. The van der Waals surface area contributed by atoms with Gasteiger partial charge in [0.15, 0.2) is 5.60 Å². The normalized spacial score (nSPS) is 17.9. The number of oxazole rings is 1. The molecule has 0 N–H and O–H groups in total. The van der Waals surface area contributed by atoms with Crippen molar-refractivity contribution >= 4 is 5.91 Å². The van der Waals surface area contributed by atoms with E-state index in [2.05, 4.69) is 10.2 Å². The minimum atomic E-state index is -4.40. The summed E-state index contributed by atoms with van der Waals surface area (Å²) in [5.41, 5.74) is 0.0130. The van der Waals surface area contributed by atoms with E-state index in [-0.39, 0.29) is 12.3 Å². The molecule has 0 saturated carbocycles. The molecule has 2 heterocycles. The quantitative estimate of drug-likeness (QED) is 0.379. The van der Waals surface area contributed by atoms with Crippen LogP contribution in [-0.4, -0.2) is 29.7 Å². The van der Waals surface area contributed by atoms with E-state index in [1.165, 1.54) is 12.1 Å². The van der Waals surface area contributed by atoms with Crippen molar-refractivity contribution in [3.05, 3.63) is 76.0 Å². The third kappa shape index (κ3) is 5.59. The lowest BCUT2D eigenvalue weighted by atomic mass is 9.91. The van der Waals surface area contributed by atoms with Crippen molar-refractivity contribution in [2.24, 2.45) is 5.18 Å². The van der Waals surface area contributed by atoms with Gasteiger partial charge in [0.05, 0.1) is 17.9 Å². The molecule has 4 rings (SSSR count). The zero-order valence-corrected chi connectivity index (χ0v) is 18.9. The monoisotopic (exact) mass is 488 g/mol. The van der Waals surface area contributed by atoms with Gasteiger partial charge in [0, 0.05) is 30.2 Å². The number of aryl methyl sites for hydroxylation is 1. The third-order valence-corrected chi connectivity index (χ3v) is 5.95. The molecular formula is C25H23F3N2O5. The second kappa shape index (κ2) is 9.99. The molecule has 35 heavy (non-hydrogen) atoms. The van der Waals surface area contributed by atoms with E-state index in [1.807, 2.05) is 0 Å². The number of carbonyl (C=O) groups is 1. The van der Waals surface area contributed by atoms with Gasteiger partial charge in [-0.25, -0.2) is 4.98 Å².